The molecule has 4 N–H and O–H groups in total. The average Bonchev–Trinajstić information content (AvgIpc) is 2.85. The van der Waals surface area contributed by atoms with Gasteiger partial charge in [0.05, 0.1) is 35.1 Å². The van der Waals surface area contributed by atoms with Crippen molar-refractivity contribution in [1.29, 1.82) is 0 Å². The molecule has 1 saturated carbocycles. The Bertz CT molecular complexity index is 998. The van der Waals surface area contributed by atoms with Gasteiger partial charge in [0.15, 0.2) is 0 Å². The molecule has 0 unspecified atom stereocenters. The number of hydrogen-bond acceptors (Lipinski definition) is 8. The van der Waals surface area contributed by atoms with Gasteiger partial charge < -0.3 is 25.8 Å². The highest BCUT2D eigenvalue weighted by Crippen LogP contribution is 2.30. The Hall–Kier alpha value is -2.21. The number of rotatable bonds is 9. The van der Waals surface area contributed by atoms with E-state index in [2.05, 4.69) is 25.6 Å². The van der Waals surface area contributed by atoms with Crippen LogP contribution < -0.4 is 21.1 Å². The number of hydrogen-bond donors (Lipinski definition) is 3. The fourth-order valence-corrected chi connectivity index (χ4v) is 4.67. The standard InChI is InChI=1S/C24H32ClF3N6O2/c25-19-12-32-21(33-17-3-1-16(2-4-17)31-8-5-24(26,27)28)11-18(19)20-13-30-14-22(34-20)36-15-23(29)6-9-35-10-7-23/h11-14,16-17,31H,1-10,15,29H2,(H,32,33). The van der Waals surface area contributed by atoms with E-state index in [4.69, 9.17) is 26.8 Å². The zero-order valence-corrected chi connectivity index (χ0v) is 20.7. The zero-order valence-electron chi connectivity index (χ0n) is 20.0. The number of aromatic nitrogens is 3. The number of halogens is 4. The van der Waals surface area contributed by atoms with Crippen LogP contribution in [0.1, 0.15) is 44.9 Å². The van der Waals surface area contributed by atoms with Gasteiger partial charge in [-0.2, -0.15) is 13.2 Å². The fourth-order valence-electron chi connectivity index (χ4n) is 4.47. The summed E-state index contributed by atoms with van der Waals surface area (Å²) in [5.41, 5.74) is 7.17. The van der Waals surface area contributed by atoms with E-state index in [0.29, 0.717) is 47.8 Å². The molecule has 2 aromatic heterocycles. The Balaban J connectivity index is 1.33. The smallest absolute Gasteiger partial charge is 0.390 e. The molecule has 198 valence electrons. The van der Waals surface area contributed by atoms with Crippen molar-refractivity contribution < 1.29 is 22.6 Å². The van der Waals surface area contributed by atoms with Gasteiger partial charge in [-0.3, -0.25) is 4.98 Å². The number of anilines is 1. The van der Waals surface area contributed by atoms with E-state index >= 15 is 0 Å². The third kappa shape index (κ3) is 7.89. The Morgan fingerprint density at radius 2 is 1.83 bits per heavy atom. The van der Waals surface area contributed by atoms with Crippen LogP contribution in [0.25, 0.3) is 11.3 Å². The van der Waals surface area contributed by atoms with Gasteiger partial charge in [-0.05, 0) is 44.6 Å². The summed E-state index contributed by atoms with van der Waals surface area (Å²) in [5, 5.41) is 6.87. The summed E-state index contributed by atoms with van der Waals surface area (Å²) in [5.74, 6) is 1.02. The van der Waals surface area contributed by atoms with Crippen LogP contribution in [0.4, 0.5) is 19.0 Å². The molecule has 0 aromatic carbocycles. The van der Waals surface area contributed by atoms with E-state index in [9.17, 15) is 13.2 Å². The summed E-state index contributed by atoms with van der Waals surface area (Å²) in [6, 6.07) is 2.10. The van der Waals surface area contributed by atoms with Gasteiger partial charge in [0.2, 0.25) is 5.88 Å². The molecule has 8 nitrogen and oxygen atoms in total. The maximum Gasteiger partial charge on any atom is 0.390 e. The molecule has 2 aromatic rings. The second kappa shape index (κ2) is 11.9. The van der Waals surface area contributed by atoms with Crippen LogP contribution in [-0.4, -0.2) is 65.1 Å². The molecule has 4 rings (SSSR count). The Morgan fingerprint density at radius 1 is 1.11 bits per heavy atom. The Kier molecular flexibility index (Phi) is 8.87. The van der Waals surface area contributed by atoms with E-state index in [1.807, 2.05) is 6.07 Å². The SMILES string of the molecule is NC1(COc2cncc(-c3cc(NC4CCC(NCCC(F)(F)F)CC4)ncc3Cl)n2)CCOCC1. The fraction of sp³-hybridized carbons (Fsp3) is 0.625. The number of nitrogens with two attached hydrogens (primary N) is 1. The molecule has 1 aliphatic carbocycles. The first-order valence-electron chi connectivity index (χ1n) is 12.2. The lowest BCUT2D eigenvalue weighted by atomic mass is 9.91. The van der Waals surface area contributed by atoms with Crippen LogP contribution in [0.15, 0.2) is 24.7 Å². The van der Waals surface area contributed by atoms with Crippen molar-refractivity contribution in [3.63, 3.8) is 0 Å². The van der Waals surface area contributed by atoms with Crippen LogP contribution in [0.3, 0.4) is 0 Å². The van der Waals surface area contributed by atoms with Crippen molar-refractivity contribution in [2.24, 2.45) is 5.73 Å². The van der Waals surface area contributed by atoms with Crippen LogP contribution in [-0.2, 0) is 4.74 Å². The number of alkyl halides is 3. The monoisotopic (exact) mass is 528 g/mol. The molecule has 0 atom stereocenters. The van der Waals surface area contributed by atoms with Crippen LogP contribution in [0.5, 0.6) is 5.88 Å². The lowest BCUT2D eigenvalue weighted by molar-refractivity contribution is -0.133. The van der Waals surface area contributed by atoms with Gasteiger partial charge in [-0.1, -0.05) is 11.6 Å². The second-order valence-corrected chi connectivity index (χ2v) is 9.97. The quantitative estimate of drug-likeness (QED) is 0.441. The summed E-state index contributed by atoms with van der Waals surface area (Å²) in [6.07, 6.45) is 4.49. The molecule has 12 heteroatoms. The molecular formula is C24H32ClF3N6O2. The van der Waals surface area contributed by atoms with E-state index in [-0.39, 0.29) is 18.6 Å². The van der Waals surface area contributed by atoms with Crippen molar-refractivity contribution in [2.75, 3.05) is 31.7 Å². The largest absolute Gasteiger partial charge is 0.475 e. The Labute approximate surface area is 213 Å². The molecule has 1 aliphatic heterocycles. The Morgan fingerprint density at radius 3 is 2.56 bits per heavy atom. The van der Waals surface area contributed by atoms with E-state index in [1.54, 1.807) is 18.6 Å². The number of ether oxygens (including phenoxy) is 2. The molecule has 3 heterocycles. The third-order valence-electron chi connectivity index (χ3n) is 6.66. The van der Waals surface area contributed by atoms with E-state index < -0.39 is 18.1 Å². The minimum Gasteiger partial charge on any atom is -0.475 e. The molecule has 0 radical (unpaired) electrons. The summed E-state index contributed by atoms with van der Waals surface area (Å²) < 4.78 is 48.3. The predicted molar refractivity (Wildman–Crippen MR) is 131 cm³/mol. The maximum absolute atomic E-state index is 12.4. The van der Waals surface area contributed by atoms with Crippen LogP contribution in [0.2, 0.25) is 5.02 Å². The van der Waals surface area contributed by atoms with Gasteiger partial charge in [-0.15, -0.1) is 0 Å². The third-order valence-corrected chi connectivity index (χ3v) is 6.96. The maximum atomic E-state index is 12.4. The number of pyridine rings is 1. The number of nitrogens with one attached hydrogen (secondary N) is 2. The van der Waals surface area contributed by atoms with Crippen molar-refractivity contribution >= 4 is 17.4 Å². The summed E-state index contributed by atoms with van der Waals surface area (Å²) in [7, 11) is 0. The first-order valence-corrected chi connectivity index (χ1v) is 12.6. The summed E-state index contributed by atoms with van der Waals surface area (Å²) in [6.45, 7) is 1.51. The summed E-state index contributed by atoms with van der Waals surface area (Å²) in [4.78, 5) is 13.2. The predicted octanol–water partition coefficient (Wildman–Crippen LogP) is 4.34. The normalized spacial score (nSPS) is 22.2. The summed E-state index contributed by atoms with van der Waals surface area (Å²) >= 11 is 6.43. The van der Waals surface area contributed by atoms with Gasteiger partial charge in [-0.25, -0.2) is 9.97 Å². The van der Waals surface area contributed by atoms with Crippen LogP contribution >= 0.6 is 11.6 Å². The van der Waals surface area contributed by atoms with E-state index in [0.717, 1.165) is 38.5 Å². The van der Waals surface area contributed by atoms with Crippen molar-refractivity contribution in [3.05, 3.63) is 29.7 Å². The average molecular weight is 529 g/mol. The van der Waals surface area contributed by atoms with Gasteiger partial charge >= 0.3 is 6.18 Å². The van der Waals surface area contributed by atoms with E-state index in [1.165, 1.54) is 0 Å². The van der Waals surface area contributed by atoms with Gasteiger partial charge in [0, 0.05) is 43.6 Å². The highest BCUT2D eigenvalue weighted by molar-refractivity contribution is 6.33. The van der Waals surface area contributed by atoms with Crippen LogP contribution in [0, 0.1) is 0 Å². The molecule has 0 spiro atoms. The number of nitrogens with zero attached hydrogens (tertiary/aromatic N) is 3. The van der Waals surface area contributed by atoms with Crippen molar-refractivity contribution in [1.82, 2.24) is 20.3 Å². The zero-order chi connectivity index (χ0) is 25.6. The lowest BCUT2D eigenvalue weighted by Crippen LogP contribution is -2.49. The lowest BCUT2D eigenvalue weighted by Gasteiger charge is -2.32. The second-order valence-electron chi connectivity index (χ2n) is 9.57. The van der Waals surface area contributed by atoms with Crippen molar-refractivity contribution in [3.8, 4) is 17.1 Å². The van der Waals surface area contributed by atoms with Gasteiger partial charge in [0.1, 0.15) is 12.4 Å². The molecule has 1 saturated heterocycles. The molecule has 2 fully saturated rings. The molecule has 0 bridgehead atoms. The highest BCUT2D eigenvalue weighted by atomic mass is 35.5. The topological polar surface area (TPSA) is 107 Å². The molecule has 0 amide bonds. The van der Waals surface area contributed by atoms with Gasteiger partial charge in [0.25, 0.3) is 0 Å². The molecular weight excluding hydrogens is 497 g/mol. The first-order chi connectivity index (χ1) is 17.2. The molecule has 36 heavy (non-hydrogen) atoms. The van der Waals surface area contributed by atoms with Crippen molar-refractivity contribution in [2.45, 2.75) is 68.7 Å². The first kappa shape index (κ1) is 26.8. The molecule has 2 aliphatic rings. The highest BCUT2D eigenvalue weighted by Gasteiger charge is 2.29. The minimum absolute atomic E-state index is 0.0428. The minimum atomic E-state index is -4.13.